The number of amides is 2. The summed E-state index contributed by atoms with van der Waals surface area (Å²) in [4.78, 5) is 31.8. The molecule has 31 heavy (non-hydrogen) atoms. The van der Waals surface area contributed by atoms with E-state index in [1.54, 1.807) is 11.0 Å². The number of nitrogen functional groups attached to an aromatic ring is 1. The summed E-state index contributed by atoms with van der Waals surface area (Å²) in [5.74, 6) is 0.348. The van der Waals surface area contributed by atoms with Crippen molar-refractivity contribution in [1.29, 1.82) is 0 Å². The van der Waals surface area contributed by atoms with Gasteiger partial charge in [-0.3, -0.25) is 9.59 Å². The van der Waals surface area contributed by atoms with E-state index in [9.17, 15) is 9.59 Å². The van der Waals surface area contributed by atoms with E-state index < -0.39 is 11.8 Å². The molecular formula is C23H29N5O3. The zero-order valence-corrected chi connectivity index (χ0v) is 18.0. The minimum Gasteiger partial charge on any atom is -0.490 e. The van der Waals surface area contributed by atoms with Crippen LogP contribution in [0, 0.1) is 5.92 Å². The van der Waals surface area contributed by atoms with Gasteiger partial charge in [-0.2, -0.15) is 0 Å². The number of rotatable bonds is 3. The first kappa shape index (κ1) is 21.0. The second kappa shape index (κ2) is 8.83. The molecule has 1 aromatic carbocycles. The van der Waals surface area contributed by atoms with Gasteiger partial charge >= 0.3 is 11.8 Å². The molecule has 0 aliphatic carbocycles. The number of carbonyl (C=O) groups excluding carboxylic acids is 2. The van der Waals surface area contributed by atoms with Crippen LogP contribution in [-0.4, -0.2) is 41.4 Å². The van der Waals surface area contributed by atoms with Gasteiger partial charge in [-0.1, -0.05) is 19.9 Å². The highest BCUT2D eigenvalue weighted by molar-refractivity contribution is 6.39. The van der Waals surface area contributed by atoms with Crippen molar-refractivity contribution < 1.29 is 14.3 Å². The lowest BCUT2D eigenvalue weighted by Gasteiger charge is -2.39. The molecule has 0 saturated carbocycles. The Morgan fingerprint density at radius 2 is 2.16 bits per heavy atom. The monoisotopic (exact) mass is 423 g/mol. The number of hydrogen-bond acceptors (Lipinski definition) is 6. The Balaban J connectivity index is 1.54. The van der Waals surface area contributed by atoms with Crippen molar-refractivity contribution in [2.24, 2.45) is 5.92 Å². The molecule has 1 aromatic heterocycles. The standard InChI is InChI=1S/C23H29N5O3/c1-3-15-10-17(12-26-21(15)24)27-22(29)23(30)28-13-14(2)4-7-19(28)16-5-6-18-20(11-16)31-9-8-25-18/h5-6,10-12,14,19,25H,3-4,7-9,13H2,1-2H3,(H2,24,26)(H,27,29). The van der Waals surface area contributed by atoms with E-state index in [1.807, 2.05) is 25.1 Å². The summed E-state index contributed by atoms with van der Waals surface area (Å²) in [5, 5.41) is 6.00. The average molecular weight is 424 g/mol. The Morgan fingerprint density at radius 3 is 2.97 bits per heavy atom. The van der Waals surface area contributed by atoms with E-state index in [0.29, 0.717) is 37.0 Å². The van der Waals surface area contributed by atoms with E-state index >= 15 is 0 Å². The molecule has 2 aromatic rings. The number of nitrogens with zero attached hydrogens (tertiary/aromatic N) is 2. The number of benzene rings is 1. The molecule has 1 fully saturated rings. The smallest absolute Gasteiger partial charge is 0.313 e. The largest absolute Gasteiger partial charge is 0.490 e. The first-order chi connectivity index (χ1) is 15.0. The van der Waals surface area contributed by atoms with Gasteiger partial charge in [0.2, 0.25) is 0 Å². The van der Waals surface area contributed by atoms with Crippen LogP contribution in [0.3, 0.4) is 0 Å². The predicted molar refractivity (Wildman–Crippen MR) is 120 cm³/mol. The van der Waals surface area contributed by atoms with Crippen molar-refractivity contribution >= 4 is 29.0 Å². The molecule has 0 bridgehead atoms. The lowest BCUT2D eigenvalue weighted by atomic mass is 9.89. The number of piperidine rings is 1. The highest BCUT2D eigenvalue weighted by Gasteiger charge is 2.34. The van der Waals surface area contributed by atoms with Crippen molar-refractivity contribution in [2.45, 2.75) is 39.2 Å². The summed E-state index contributed by atoms with van der Waals surface area (Å²) in [5.41, 5.74) is 9.08. The van der Waals surface area contributed by atoms with E-state index in [-0.39, 0.29) is 6.04 Å². The number of ether oxygens (including phenoxy) is 1. The zero-order valence-electron chi connectivity index (χ0n) is 18.0. The van der Waals surface area contributed by atoms with Gasteiger partial charge in [-0.15, -0.1) is 0 Å². The molecule has 8 heteroatoms. The van der Waals surface area contributed by atoms with Crippen LogP contribution in [0.4, 0.5) is 17.2 Å². The molecule has 4 N–H and O–H groups in total. The number of aromatic nitrogens is 1. The summed E-state index contributed by atoms with van der Waals surface area (Å²) >= 11 is 0. The Bertz CT molecular complexity index is 993. The Morgan fingerprint density at radius 1 is 1.32 bits per heavy atom. The summed E-state index contributed by atoms with van der Waals surface area (Å²) in [6, 6.07) is 7.57. The van der Waals surface area contributed by atoms with Crippen molar-refractivity contribution in [3.63, 3.8) is 0 Å². The Kier molecular flexibility index (Phi) is 5.97. The van der Waals surface area contributed by atoms with Crippen molar-refractivity contribution in [1.82, 2.24) is 9.88 Å². The molecule has 2 atom stereocenters. The molecule has 2 aliphatic rings. The van der Waals surface area contributed by atoms with Gasteiger partial charge in [0, 0.05) is 13.1 Å². The number of pyridine rings is 1. The maximum atomic E-state index is 13.2. The number of carbonyl (C=O) groups is 2. The third-order valence-electron chi connectivity index (χ3n) is 5.98. The summed E-state index contributed by atoms with van der Waals surface area (Å²) in [6.45, 7) is 5.98. The minimum absolute atomic E-state index is 0.166. The number of hydrogen-bond donors (Lipinski definition) is 3. The number of aryl methyl sites for hydroxylation is 1. The normalized spacial score (nSPS) is 20.3. The van der Waals surface area contributed by atoms with Gasteiger partial charge in [0.05, 0.1) is 23.6 Å². The molecule has 1 saturated heterocycles. The maximum absolute atomic E-state index is 13.2. The van der Waals surface area contributed by atoms with Crippen LogP contribution in [0.5, 0.6) is 5.75 Å². The first-order valence-corrected chi connectivity index (χ1v) is 10.8. The summed E-state index contributed by atoms with van der Waals surface area (Å²) in [7, 11) is 0. The van der Waals surface area contributed by atoms with Gasteiger partial charge in [0.25, 0.3) is 0 Å². The van der Waals surface area contributed by atoms with E-state index in [0.717, 1.165) is 42.0 Å². The summed E-state index contributed by atoms with van der Waals surface area (Å²) < 4.78 is 5.77. The number of fused-ring (bicyclic) bond motifs is 1. The molecule has 2 aliphatic heterocycles. The lowest BCUT2D eigenvalue weighted by molar-refractivity contribution is -0.146. The van der Waals surface area contributed by atoms with Gasteiger partial charge in [0.1, 0.15) is 18.2 Å². The van der Waals surface area contributed by atoms with Crippen LogP contribution < -0.4 is 21.1 Å². The fraction of sp³-hybridized carbons (Fsp3) is 0.435. The minimum atomic E-state index is -0.663. The van der Waals surface area contributed by atoms with Crippen LogP contribution >= 0.6 is 0 Å². The maximum Gasteiger partial charge on any atom is 0.313 e. The van der Waals surface area contributed by atoms with Crippen LogP contribution in [0.1, 0.15) is 43.9 Å². The molecule has 2 unspecified atom stereocenters. The third kappa shape index (κ3) is 4.42. The number of nitrogens with two attached hydrogens (primary N) is 1. The fourth-order valence-corrected chi connectivity index (χ4v) is 4.27. The molecule has 4 rings (SSSR count). The second-order valence-electron chi connectivity index (χ2n) is 8.26. The van der Waals surface area contributed by atoms with Crippen LogP contribution in [-0.2, 0) is 16.0 Å². The molecule has 8 nitrogen and oxygen atoms in total. The van der Waals surface area contributed by atoms with Gasteiger partial charge in [-0.05, 0) is 54.5 Å². The highest BCUT2D eigenvalue weighted by Crippen LogP contribution is 2.37. The van der Waals surface area contributed by atoms with Gasteiger partial charge in [0.15, 0.2) is 0 Å². The summed E-state index contributed by atoms with van der Waals surface area (Å²) in [6.07, 6.45) is 3.96. The van der Waals surface area contributed by atoms with Gasteiger partial charge in [-0.25, -0.2) is 4.98 Å². The first-order valence-electron chi connectivity index (χ1n) is 10.8. The average Bonchev–Trinajstić information content (AvgIpc) is 2.79. The third-order valence-corrected chi connectivity index (χ3v) is 5.98. The topological polar surface area (TPSA) is 110 Å². The second-order valence-corrected chi connectivity index (χ2v) is 8.26. The van der Waals surface area contributed by atoms with Crippen LogP contribution in [0.15, 0.2) is 30.5 Å². The Hall–Kier alpha value is -3.29. The van der Waals surface area contributed by atoms with Crippen molar-refractivity contribution in [3.05, 3.63) is 41.6 Å². The predicted octanol–water partition coefficient (Wildman–Crippen LogP) is 2.97. The quantitative estimate of drug-likeness (QED) is 0.655. The van der Waals surface area contributed by atoms with Crippen LogP contribution in [0.25, 0.3) is 0 Å². The zero-order chi connectivity index (χ0) is 22.0. The SMILES string of the molecule is CCc1cc(NC(=O)C(=O)N2CC(C)CCC2c2ccc3c(c2)OCCN3)cnc1N. The molecule has 0 spiro atoms. The lowest BCUT2D eigenvalue weighted by Crippen LogP contribution is -2.46. The van der Waals surface area contributed by atoms with E-state index in [2.05, 4.69) is 22.5 Å². The van der Waals surface area contributed by atoms with Crippen molar-refractivity contribution in [3.8, 4) is 5.75 Å². The fourth-order valence-electron chi connectivity index (χ4n) is 4.27. The number of nitrogens with one attached hydrogen (secondary N) is 2. The van der Waals surface area contributed by atoms with E-state index in [4.69, 9.17) is 10.5 Å². The number of anilines is 3. The molecule has 0 radical (unpaired) electrons. The Labute approximate surface area is 182 Å². The highest BCUT2D eigenvalue weighted by atomic mass is 16.5. The number of likely N-dealkylation sites (tertiary alicyclic amines) is 1. The van der Waals surface area contributed by atoms with E-state index in [1.165, 1.54) is 6.20 Å². The van der Waals surface area contributed by atoms with Crippen LogP contribution in [0.2, 0.25) is 0 Å². The molecule has 164 valence electrons. The van der Waals surface area contributed by atoms with Crippen molar-refractivity contribution in [2.75, 3.05) is 36.1 Å². The molecule has 3 heterocycles. The van der Waals surface area contributed by atoms with Gasteiger partial charge < -0.3 is 26.0 Å². The molecular weight excluding hydrogens is 394 g/mol. The molecule has 2 amide bonds.